The van der Waals surface area contributed by atoms with E-state index in [1.807, 2.05) is 0 Å². The highest BCUT2D eigenvalue weighted by Crippen LogP contribution is 2.54. The second-order valence-electron chi connectivity index (χ2n) is 5.79. The Morgan fingerprint density at radius 1 is 1.29 bits per heavy atom. The number of hydrogen-bond donors (Lipinski definition) is 0. The van der Waals surface area contributed by atoms with Gasteiger partial charge in [-0.2, -0.15) is 0 Å². The summed E-state index contributed by atoms with van der Waals surface area (Å²) in [5.41, 5.74) is 0.282. The summed E-state index contributed by atoms with van der Waals surface area (Å²) in [4.78, 5) is 12.0. The summed E-state index contributed by atoms with van der Waals surface area (Å²) >= 11 is 0. The van der Waals surface area contributed by atoms with Gasteiger partial charge in [-0.1, -0.05) is 32.9 Å². The predicted octanol–water partition coefficient (Wildman–Crippen LogP) is 3.35. The Morgan fingerprint density at radius 2 is 2.00 bits per heavy atom. The SMILES string of the molecule is CC1(C)CCC(=O)[C@]2(C)CC=CC[C@H]12. The van der Waals surface area contributed by atoms with Crippen molar-refractivity contribution in [2.45, 2.75) is 46.5 Å². The van der Waals surface area contributed by atoms with Crippen molar-refractivity contribution < 1.29 is 4.79 Å². The number of Topliss-reactive ketones (excluding diaryl/α,β-unsaturated/α-hetero) is 1. The van der Waals surface area contributed by atoms with Crippen molar-refractivity contribution in [1.82, 2.24) is 0 Å². The van der Waals surface area contributed by atoms with E-state index in [0.29, 0.717) is 17.1 Å². The lowest BCUT2D eigenvalue weighted by molar-refractivity contribution is -0.140. The number of rotatable bonds is 0. The van der Waals surface area contributed by atoms with E-state index in [1.165, 1.54) is 0 Å². The van der Waals surface area contributed by atoms with Gasteiger partial charge in [-0.3, -0.25) is 4.79 Å². The average molecular weight is 192 g/mol. The smallest absolute Gasteiger partial charge is 0.139 e. The van der Waals surface area contributed by atoms with Gasteiger partial charge in [-0.05, 0) is 30.6 Å². The van der Waals surface area contributed by atoms with Crippen molar-refractivity contribution in [2.75, 3.05) is 0 Å². The molecule has 0 heterocycles. The molecule has 0 aromatic rings. The third-order valence-corrected chi connectivity index (χ3v) is 4.43. The molecule has 0 aliphatic heterocycles. The molecule has 0 saturated heterocycles. The van der Waals surface area contributed by atoms with Crippen LogP contribution in [0.5, 0.6) is 0 Å². The number of allylic oxidation sites excluding steroid dienone is 2. The summed E-state index contributed by atoms with van der Waals surface area (Å²) < 4.78 is 0. The molecule has 78 valence electrons. The van der Waals surface area contributed by atoms with Crippen LogP contribution in [-0.2, 0) is 4.79 Å². The number of carbonyl (C=O) groups excluding carboxylic acids is 1. The Morgan fingerprint density at radius 3 is 2.64 bits per heavy atom. The summed E-state index contributed by atoms with van der Waals surface area (Å²) in [5.74, 6) is 1.05. The van der Waals surface area contributed by atoms with E-state index in [2.05, 4.69) is 32.9 Å². The van der Waals surface area contributed by atoms with Gasteiger partial charge in [0.1, 0.15) is 5.78 Å². The molecule has 0 aromatic carbocycles. The first-order valence-corrected chi connectivity index (χ1v) is 5.65. The van der Waals surface area contributed by atoms with Crippen molar-refractivity contribution in [3.63, 3.8) is 0 Å². The van der Waals surface area contributed by atoms with Crippen molar-refractivity contribution >= 4 is 5.78 Å². The molecule has 0 N–H and O–H groups in total. The third-order valence-electron chi connectivity index (χ3n) is 4.43. The minimum Gasteiger partial charge on any atom is -0.299 e. The van der Waals surface area contributed by atoms with Crippen LogP contribution in [0.3, 0.4) is 0 Å². The number of carbonyl (C=O) groups is 1. The lowest BCUT2D eigenvalue weighted by atomic mass is 9.52. The molecule has 2 rings (SSSR count). The fourth-order valence-electron chi connectivity index (χ4n) is 3.35. The van der Waals surface area contributed by atoms with Gasteiger partial charge in [0.25, 0.3) is 0 Å². The zero-order valence-corrected chi connectivity index (χ0v) is 9.47. The summed E-state index contributed by atoms with van der Waals surface area (Å²) in [6.07, 6.45) is 8.35. The van der Waals surface area contributed by atoms with Gasteiger partial charge < -0.3 is 0 Å². The maximum absolute atomic E-state index is 12.0. The highest BCUT2D eigenvalue weighted by Gasteiger charge is 2.50. The fraction of sp³-hybridized carbons (Fsp3) is 0.769. The van der Waals surface area contributed by atoms with Gasteiger partial charge in [-0.15, -0.1) is 0 Å². The highest BCUT2D eigenvalue weighted by molar-refractivity contribution is 5.86. The van der Waals surface area contributed by atoms with E-state index < -0.39 is 0 Å². The van der Waals surface area contributed by atoms with Crippen LogP contribution in [0, 0.1) is 16.7 Å². The Bertz CT molecular complexity index is 288. The molecule has 0 amide bonds. The maximum atomic E-state index is 12.0. The number of fused-ring (bicyclic) bond motifs is 1. The number of hydrogen-bond acceptors (Lipinski definition) is 1. The molecule has 0 aromatic heterocycles. The monoisotopic (exact) mass is 192 g/mol. The van der Waals surface area contributed by atoms with E-state index in [-0.39, 0.29) is 5.41 Å². The van der Waals surface area contributed by atoms with Gasteiger partial charge in [0.05, 0.1) is 0 Å². The minimum atomic E-state index is -0.0590. The van der Waals surface area contributed by atoms with Crippen molar-refractivity contribution in [1.29, 1.82) is 0 Å². The summed E-state index contributed by atoms with van der Waals surface area (Å²) in [6.45, 7) is 6.81. The molecule has 2 aliphatic rings. The van der Waals surface area contributed by atoms with Crippen molar-refractivity contribution in [3.8, 4) is 0 Å². The fourth-order valence-corrected chi connectivity index (χ4v) is 3.35. The maximum Gasteiger partial charge on any atom is 0.139 e. The van der Waals surface area contributed by atoms with E-state index in [4.69, 9.17) is 0 Å². The molecule has 1 fully saturated rings. The molecule has 1 nitrogen and oxygen atoms in total. The van der Waals surface area contributed by atoms with Crippen LogP contribution in [0.15, 0.2) is 12.2 Å². The molecule has 1 heteroatoms. The zero-order chi connectivity index (χ0) is 10.4. The largest absolute Gasteiger partial charge is 0.299 e. The second-order valence-corrected chi connectivity index (χ2v) is 5.79. The molecule has 0 unspecified atom stereocenters. The predicted molar refractivity (Wildman–Crippen MR) is 58.0 cm³/mol. The Labute approximate surface area is 86.6 Å². The minimum absolute atomic E-state index is 0.0590. The topological polar surface area (TPSA) is 17.1 Å². The standard InChI is InChI=1S/C13H20O/c1-12(2)9-7-11(14)13(3)8-5-4-6-10(12)13/h4-5,10H,6-9H2,1-3H3/t10-,13-/m1/s1. The van der Waals surface area contributed by atoms with Crippen molar-refractivity contribution in [2.24, 2.45) is 16.7 Å². The number of ketones is 1. The van der Waals surface area contributed by atoms with E-state index in [0.717, 1.165) is 25.7 Å². The molecule has 2 aliphatic carbocycles. The van der Waals surface area contributed by atoms with Crippen LogP contribution in [0.4, 0.5) is 0 Å². The third kappa shape index (κ3) is 1.25. The first kappa shape index (κ1) is 9.95. The van der Waals surface area contributed by atoms with Crippen LogP contribution in [-0.4, -0.2) is 5.78 Å². The molecular weight excluding hydrogens is 172 g/mol. The summed E-state index contributed by atoms with van der Waals surface area (Å²) in [6, 6.07) is 0. The van der Waals surface area contributed by atoms with Crippen LogP contribution in [0.2, 0.25) is 0 Å². The van der Waals surface area contributed by atoms with Crippen LogP contribution >= 0.6 is 0 Å². The molecule has 2 atom stereocenters. The van der Waals surface area contributed by atoms with Gasteiger partial charge in [-0.25, -0.2) is 0 Å². The molecular formula is C13H20O. The van der Waals surface area contributed by atoms with Gasteiger partial charge >= 0.3 is 0 Å². The second kappa shape index (κ2) is 2.95. The Kier molecular flexibility index (Phi) is 2.09. The zero-order valence-electron chi connectivity index (χ0n) is 9.47. The normalized spacial score (nSPS) is 40.8. The molecule has 1 saturated carbocycles. The van der Waals surface area contributed by atoms with Gasteiger partial charge in [0.15, 0.2) is 0 Å². The molecule has 0 radical (unpaired) electrons. The lowest BCUT2D eigenvalue weighted by Crippen LogP contribution is -2.48. The molecule has 0 spiro atoms. The first-order valence-electron chi connectivity index (χ1n) is 5.65. The van der Waals surface area contributed by atoms with E-state index in [9.17, 15) is 4.79 Å². The Hall–Kier alpha value is -0.590. The van der Waals surface area contributed by atoms with Crippen LogP contribution in [0.25, 0.3) is 0 Å². The molecule has 14 heavy (non-hydrogen) atoms. The highest BCUT2D eigenvalue weighted by atomic mass is 16.1. The average Bonchev–Trinajstić information content (AvgIpc) is 2.13. The van der Waals surface area contributed by atoms with Crippen LogP contribution in [0.1, 0.15) is 46.5 Å². The van der Waals surface area contributed by atoms with Gasteiger partial charge in [0, 0.05) is 11.8 Å². The lowest BCUT2D eigenvalue weighted by Gasteiger charge is -2.50. The van der Waals surface area contributed by atoms with E-state index in [1.54, 1.807) is 0 Å². The van der Waals surface area contributed by atoms with Crippen molar-refractivity contribution in [3.05, 3.63) is 12.2 Å². The quantitative estimate of drug-likeness (QED) is 0.538. The van der Waals surface area contributed by atoms with Gasteiger partial charge in [0.2, 0.25) is 0 Å². The first-order chi connectivity index (χ1) is 6.47. The van der Waals surface area contributed by atoms with Crippen LogP contribution < -0.4 is 0 Å². The molecule has 0 bridgehead atoms. The van der Waals surface area contributed by atoms with E-state index >= 15 is 0 Å². The Balaban J connectivity index is 2.39. The summed E-state index contributed by atoms with van der Waals surface area (Å²) in [7, 11) is 0. The summed E-state index contributed by atoms with van der Waals surface area (Å²) in [5, 5.41) is 0.